The molecule has 2 atom stereocenters. The van der Waals surface area contributed by atoms with Crippen molar-refractivity contribution in [3.63, 3.8) is 0 Å². The van der Waals surface area contributed by atoms with Gasteiger partial charge in [-0.25, -0.2) is 13.1 Å². The molecule has 3 rings (SSSR count). The quantitative estimate of drug-likeness (QED) is 0.886. The number of ether oxygens (including phenoxy) is 1. The molecule has 2 fully saturated rings. The Hall–Kier alpha value is -1.49. The molecule has 20 heavy (non-hydrogen) atoms. The summed E-state index contributed by atoms with van der Waals surface area (Å²) in [6, 6.07) is 3.04. The lowest BCUT2D eigenvalue weighted by molar-refractivity contribution is 0.0848. The van der Waals surface area contributed by atoms with Gasteiger partial charge in [-0.05, 0) is 31.2 Å². The van der Waals surface area contributed by atoms with Gasteiger partial charge in [0.1, 0.15) is 11.0 Å². The number of nitrogens with one attached hydrogen (secondary N) is 1. The highest BCUT2D eigenvalue weighted by Gasteiger charge is 2.42. The third-order valence-corrected chi connectivity index (χ3v) is 5.14. The molecule has 7 heteroatoms. The monoisotopic (exact) mass is 293 g/mol. The standard InChI is InChI=1S/C13H15N3O3S/c14-6-9-5-11(8-15-7-9)20(17,18)16-12-3-4-19-13(12)10-1-2-10/h5,7-8,10,12-13,16H,1-4H2. The van der Waals surface area contributed by atoms with Crippen LogP contribution >= 0.6 is 0 Å². The number of pyridine rings is 1. The molecule has 1 aromatic rings. The molecule has 0 amide bonds. The van der Waals surface area contributed by atoms with Gasteiger partial charge in [-0.2, -0.15) is 5.26 Å². The summed E-state index contributed by atoms with van der Waals surface area (Å²) in [7, 11) is -3.66. The molecule has 106 valence electrons. The van der Waals surface area contributed by atoms with Crippen LogP contribution in [0.5, 0.6) is 0 Å². The Morgan fingerprint density at radius 3 is 2.85 bits per heavy atom. The number of hydrogen-bond donors (Lipinski definition) is 1. The summed E-state index contributed by atoms with van der Waals surface area (Å²) in [5.41, 5.74) is 0.231. The van der Waals surface area contributed by atoms with Crippen LogP contribution < -0.4 is 4.72 Å². The molecule has 0 radical (unpaired) electrons. The van der Waals surface area contributed by atoms with Crippen molar-refractivity contribution in [3.8, 4) is 6.07 Å². The van der Waals surface area contributed by atoms with Crippen molar-refractivity contribution in [1.82, 2.24) is 9.71 Å². The topological polar surface area (TPSA) is 92.1 Å². The summed E-state index contributed by atoms with van der Waals surface area (Å²) in [5.74, 6) is 0.480. The van der Waals surface area contributed by atoms with Crippen LogP contribution in [0, 0.1) is 17.2 Å². The van der Waals surface area contributed by atoms with Crippen molar-refractivity contribution < 1.29 is 13.2 Å². The van der Waals surface area contributed by atoms with Crippen molar-refractivity contribution in [3.05, 3.63) is 24.0 Å². The maximum atomic E-state index is 12.3. The van der Waals surface area contributed by atoms with Crippen LogP contribution in [-0.4, -0.2) is 32.2 Å². The van der Waals surface area contributed by atoms with Gasteiger partial charge >= 0.3 is 0 Å². The van der Waals surface area contributed by atoms with Gasteiger partial charge in [0, 0.05) is 19.0 Å². The van der Waals surface area contributed by atoms with Crippen LogP contribution in [0.3, 0.4) is 0 Å². The summed E-state index contributed by atoms with van der Waals surface area (Å²) in [6.07, 6.45) is 5.47. The fourth-order valence-electron chi connectivity index (χ4n) is 2.52. The molecule has 0 bridgehead atoms. The molecule has 0 spiro atoms. The average molecular weight is 293 g/mol. The second-order valence-electron chi connectivity index (χ2n) is 5.21. The Kier molecular flexibility index (Phi) is 3.46. The van der Waals surface area contributed by atoms with E-state index in [1.54, 1.807) is 0 Å². The molecule has 2 heterocycles. The second-order valence-corrected chi connectivity index (χ2v) is 6.92. The van der Waals surface area contributed by atoms with Gasteiger partial charge in [0.05, 0.1) is 17.7 Å². The molecular formula is C13H15N3O3S. The predicted octanol–water partition coefficient (Wildman–Crippen LogP) is 0.799. The molecule has 0 aromatic carbocycles. The number of rotatable bonds is 4. The van der Waals surface area contributed by atoms with Gasteiger partial charge < -0.3 is 4.74 Å². The first-order valence-corrected chi connectivity index (χ1v) is 8.07. The molecule has 1 saturated carbocycles. The SMILES string of the molecule is N#Cc1cncc(S(=O)(=O)NC2CCOC2C2CC2)c1. The van der Waals surface area contributed by atoms with E-state index >= 15 is 0 Å². The van der Waals surface area contributed by atoms with E-state index in [0.29, 0.717) is 18.9 Å². The minimum atomic E-state index is -3.66. The van der Waals surface area contributed by atoms with Crippen molar-refractivity contribution in [2.75, 3.05) is 6.61 Å². The Morgan fingerprint density at radius 1 is 1.35 bits per heavy atom. The van der Waals surface area contributed by atoms with E-state index in [2.05, 4.69) is 9.71 Å². The van der Waals surface area contributed by atoms with Crippen LogP contribution in [0.25, 0.3) is 0 Å². The number of nitrogens with zero attached hydrogens (tertiary/aromatic N) is 2. The third kappa shape index (κ3) is 2.68. The molecule has 1 aliphatic heterocycles. The molecule has 1 N–H and O–H groups in total. The zero-order valence-electron chi connectivity index (χ0n) is 10.8. The molecular weight excluding hydrogens is 278 g/mol. The summed E-state index contributed by atoms with van der Waals surface area (Å²) >= 11 is 0. The Morgan fingerprint density at radius 2 is 2.15 bits per heavy atom. The van der Waals surface area contributed by atoms with E-state index in [1.165, 1.54) is 18.5 Å². The highest BCUT2D eigenvalue weighted by Crippen LogP contribution is 2.39. The fraction of sp³-hybridized carbons (Fsp3) is 0.538. The summed E-state index contributed by atoms with van der Waals surface area (Å²) in [4.78, 5) is 3.82. The summed E-state index contributed by atoms with van der Waals surface area (Å²) < 4.78 is 33.0. The smallest absolute Gasteiger partial charge is 0.242 e. The zero-order chi connectivity index (χ0) is 14.2. The van der Waals surface area contributed by atoms with Gasteiger partial charge in [-0.3, -0.25) is 4.98 Å². The van der Waals surface area contributed by atoms with E-state index in [9.17, 15) is 8.42 Å². The van der Waals surface area contributed by atoms with Gasteiger partial charge in [-0.1, -0.05) is 0 Å². The Labute approximate surface area is 117 Å². The maximum absolute atomic E-state index is 12.3. The third-order valence-electron chi connectivity index (χ3n) is 3.68. The predicted molar refractivity (Wildman–Crippen MR) is 70.1 cm³/mol. The molecule has 2 unspecified atom stereocenters. The molecule has 1 aliphatic carbocycles. The van der Waals surface area contributed by atoms with Crippen LogP contribution in [0.1, 0.15) is 24.8 Å². The Bertz CT molecular complexity index is 649. The number of aromatic nitrogens is 1. The Balaban J connectivity index is 1.79. The van der Waals surface area contributed by atoms with Gasteiger partial charge in [0.25, 0.3) is 0 Å². The van der Waals surface area contributed by atoms with Crippen LogP contribution in [0.4, 0.5) is 0 Å². The van der Waals surface area contributed by atoms with Crippen molar-refractivity contribution in [2.24, 2.45) is 5.92 Å². The van der Waals surface area contributed by atoms with Gasteiger partial charge in [0.2, 0.25) is 10.0 Å². The molecule has 2 aliphatic rings. The fourth-order valence-corrected chi connectivity index (χ4v) is 3.79. The normalized spacial score (nSPS) is 26.4. The van der Waals surface area contributed by atoms with E-state index in [0.717, 1.165) is 12.8 Å². The molecule has 1 saturated heterocycles. The van der Waals surface area contributed by atoms with Crippen molar-refractivity contribution in [1.29, 1.82) is 5.26 Å². The number of hydrogen-bond acceptors (Lipinski definition) is 5. The van der Waals surface area contributed by atoms with Crippen LogP contribution in [0.2, 0.25) is 0 Å². The number of sulfonamides is 1. The first-order chi connectivity index (χ1) is 9.60. The van der Waals surface area contributed by atoms with E-state index < -0.39 is 10.0 Å². The summed E-state index contributed by atoms with van der Waals surface area (Å²) in [5, 5.41) is 8.81. The van der Waals surface area contributed by atoms with Gasteiger partial charge in [-0.15, -0.1) is 0 Å². The van der Waals surface area contributed by atoms with Gasteiger partial charge in [0.15, 0.2) is 0 Å². The maximum Gasteiger partial charge on any atom is 0.242 e. The lowest BCUT2D eigenvalue weighted by atomic mass is 10.1. The minimum Gasteiger partial charge on any atom is -0.376 e. The molecule has 6 nitrogen and oxygen atoms in total. The minimum absolute atomic E-state index is 0.0168. The zero-order valence-corrected chi connectivity index (χ0v) is 11.6. The van der Waals surface area contributed by atoms with Crippen molar-refractivity contribution in [2.45, 2.75) is 36.3 Å². The second kappa shape index (κ2) is 5.13. The van der Waals surface area contributed by atoms with Crippen LogP contribution in [-0.2, 0) is 14.8 Å². The van der Waals surface area contributed by atoms with E-state index in [-0.39, 0.29) is 22.6 Å². The lowest BCUT2D eigenvalue weighted by Gasteiger charge is -2.19. The highest BCUT2D eigenvalue weighted by molar-refractivity contribution is 7.89. The molecule has 1 aromatic heterocycles. The first-order valence-electron chi connectivity index (χ1n) is 6.59. The van der Waals surface area contributed by atoms with E-state index in [1.807, 2.05) is 6.07 Å². The average Bonchev–Trinajstić information content (AvgIpc) is 3.19. The van der Waals surface area contributed by atoms with Crippen molar-refractivity contribution >= 4 is 10.0 Å². The lowest BCUT2D eigenvalue weighted by Crippen LogP contribution is -2.41. The first kappa shape index (κ1) is 13.5. The number of nitriles is 1. The van der Waals surface area contributed by atoms with E-state index in [4.69, 9.17) is 10.00 Å². The van der Waals surface area contributed by atoms with Crippen LogP contribution in [0.15, 0.2) is 23.4 Å². The summed E-state index contributed by atoms with van der Waals surface area (Å²) in [6.45, 7) is 0.588. The highest BCUT2D eigenvalue weighted by atomic mass is 32.2. The largest absolute Gasteiger partial charge is 0.376 e.